The number of benzene rings is 1. The molecule has 0 bridgehead atoms. The van der Waals surface area contributed by atoms with E-state index >= 15 is 0 Å². The van der Waals surface area contributed by atoms with E-state index in [4.69, 9.17) is 21.1 Å². The number of fused-ring (bicyclic) bond motifs is 1. The fraction of sp³-hybridized carbons (Fsp3) is 0.300. The van der Waals surface area contributed by atoms with Crippen LogP contribution < -0.4 is 9.47 Å². The quantitative estimate of drug-likeness (QED) is 0.381. The molecule has 0 amide bonds. The number of aryl methyl sites for hydroxylation is 1. The fourth-order valence-electron chi connectivity index (χ4n) is 3.15. The maximum absolute atomic E-state index is 13.7. The minimum atomic E-state index is -4.08. The van der Waals surface area contributed by atoms with E-state index in [1.807, 2.05) is 0 Å². The normalized spacial score (nSPS) is 11.5. The predicted molar refractivity (Wildman–Crippen MR) is 112 cm³/mol. The molecule has 0 fully saturated rings. The molecule has 2 aromatic heterocycles. The Bertz CT molecular complexity index is 1190. The average Bonchev–Trinajstić information content (AvgIpc) is 3.10. The maximum atomic E-state index is 13.7. The van der Waals surface area contributed by atoms with Gasteiger partial charge in [0.15, 0.2) is 0 Å². The molecular weight excluding hydrogens is 432 g/mol. The van der Waals surface area contributed by atoms with E-state index in [-0.39, 0.29) is 28.2 Å². The number of hydrogen-bond acceptors (Lipinski definition) is 7. The van der Waals surface area contributed by atoms with Crippen molar-refractivity contribution >= 4 is 38.6 Å². The van der Waals surface area contributed by atoms with E-state index in [2.05, 4.69) is 9.72 Å². The molecule has 0 unspecified atom stereocenters. The highest BCUT2D eigenvalue weighted by molar-refractivity contribution is 7.90. The van der Waals surface area contributed by atoms with Gasteiger partial charge < -0.3 is 14.2 Å². The summed E-state index contributed by atoms with van der Waals surface area (Å²) < 4.78 is 43.7. The number of carbonyl (C=O) groups excluding carboxylic acids is 1. The van der Waals surface area contributed by atoms with E-state index in [0.29, 0.717) is 35.3 Å². The Morgan fingerprint density at radius 1 is 1.10 bits per heavy atom. The first-order valence-corrected chi connectivity index (χ1v) is 10.8. The van der Waals surface area contributed by atoms with Crippen molar-refractivity contribution in [2.24, 2.45) is 0 Å². The molecule has 30 heavy (non-hydrogen) atoms. The maximum Gasteiger partial charge on any atom is 0.305 e. The minimum Gasteiger partial charge on any atom is -0.497 e. The molecule has 0 spiro atoms. The number of aromatic nitrogens is 2. The zero-order chi connectivity index (χ0) is 21.9. The van der Waals surface area contributed by atoms with Crippen molar-refractivity contribution in [3.8, 4) is 11.5 Å². The molecule has 160 valence electrons. The van der Waals surface area contributed by atoms with Crippen molar-refractivity contribution in [2.45, 2.75) is 24.2 Å². The Hall–Kier alpha value is -2.78. The number of nitrogens with zero attached hydrogens (tertiary/aromatic N) is 2. The summed E-state index contributed by atoms with van der Waals surface area (Å²) in [6, 6.07) is 9.33. The predicted octanol–water partition coefficient (Wildman–Crippen LogP) is 3.44. The molecule has 0 aliphatic carbocycles. The molecule has 0 radical (unpaired) electrons. The van der Waals surface area contributed by atoms with Gasteiger partial charge in [0.05, 0.1) is 32.4 Å². The molecular formula is C20H21ClN2O6S. The third-order valence-corrected chi connectivity index (χ3v) is 6.58. The van der Waals surface area contributed by atoms with Crippen molar-refractivity contribution in [3.05, 3.63) is 47.2 Å². The molecule has 10 heteroatoms. The van der Waals surface area contributed by atoms with Gasteiger partial charge in [-0.15, -0.1) is 0 Å². The highest BCUT2D eigenvalue weighted by Crippen LogP contribution is 2.33. The Balaban J connectivity index is 2.18. The van der Waals surface area contributed by atoms with Gasteiger partial charge in [0.1, 0.15) is 21.5 Å². The molecule has 0 atom stereocenters. The Morgan fingerprint density at radius 3 is 2.53 bits per heavy atom. The lowest BCUT2D eigenvalue weighted by atomic mass is 10.2. The summed E-state index contributed by atoms with van der Waals surface area (Å²) in [6.07, 6.45) is 0.880. The van der Waals surface area contributed by atoms with Gasteiger partial charge in [0.25, 0.3) is 10.0 Å². The van der Waals surface area contributed by atoms with Crippen LogP contribution in [0.25, 0.3) is 11.0 Å². The number of methoxy groups -OCH3 is 3. The van der Waals surface area contributed by atoms with Gasteiger partial charge in [-0.25, -0.2) is 17.4 Å². The standard InChI is InChI=1S/C20H21ClN2O6S/c1-27-14-7-9-17(28-2)18(12-14)30(25,26)23-13(5-4-6-20(24)29-3)11-15-16(23)8-10-19(21)22-15/h7-12H,4-6H2,1-3H3. The van der Waals surface area contributed by atoms with Crippen molar-refractivity contribution in [1.29, 1.82) is 0 Å². The number of rotatable bonds is 8. The molecule has 0 aliphatic rings. The molecule has 8 nitrogen and oxygen atoms in total. The van der Waals surface area contributed by atoms with E-state index in [1.165, 1.54) is 43.5 Å². The molecule has 2 heterocycles. The molecule has 0 N–H and O–H groups in total. The molecule has 0 saturated heterocycles. The summed E-state index contributed by atoms with van der Waals surface area (Å²) in [5, 5.41) is 0.247. The van der Waals surface area contributed by atoms with Crippen LogP contribution in [0.5, 0.6) is 11.5 Å². The second-order valence-corrected chi connectivity index (χ2v) is 8.53. The van der Waals surface area contributed by atoms with Gasteiger partial charge in [-0.1, -0.05) is 11.6 Å². The zero-order valence-corrected chi connectivity index (χ0v) is 18.3. The van der Waals surface area contributed by atoms with Crippen LogP contribution in [0.2, 0.25) is 5.15 Å². The average molecular weight is 453 g/mol. The van der Waals surface area contributed by atoms with E-state index < -0.39 is 10.0 Å². The van der Waals surface area contributed by atoms with Gasteiger partial charge in [-0.05, 0) is 43.2 Å². The monoisotopic (exact) mass is 452 g/mol. The van der Waals surface area contributed by atoms with Gasteiger partial charge >= 0.3 is 5.97 Å². The van der Waals surface area contributed by atoms with Crippen LogP contribution in [-0.4, -0.2) is 44.7 Å². The lowest BCUT2D eigenvalue weighted by Gasteiger charge is -2.15. The summed E-state index contributed by atoms with van der Waals surface area (Å²) >= 11 is 6.00. The van der Waals surface area contributed by atoms with Crippen LogP contribution >= 0.6 is 11.6 Å². The third kappa shape index (κ3) is 4.22. The highest BCUT2D eigenvalue weighted by atomic mass is 35.5. The lowest BCUT2D eigenvalue weighted by Crippen LogP contribution is -2.17. The summed E-state index contributed by atoms with van der Waals surface area (Å²) in [5.41, 5.74) is 1.27. The molecule has 0 saturated carbocycles. The number of carbonyl (C=O) groups is 1. The zero-order valence-electron chi connectivity index (χ0n) is 16.7. The van der Waals surface area contributed by atoms with Gasteiger partial charge in [-0.3, -0.25) is 4.79 Å². The number of pyridine rings is 1. The first-order valence-electron chi connectivity index (χ1n) is 9.03. The van der Waals surface area contributed by atoms with Crippen LogP contribution in [0, 0.1) is 0 Å². The first kappa shape index (κ1) is 21.9. The molecule has 0 aliphatic heterocycles. The summed E-state index contributed by atoms with van der Waals surface area (Å²) in [4.78, 5) is 15.7. The number of hydrogen-bond donors (Lipinski definition) is 0. The first-order chi connectivity index (χ1) is 14.3. The van der Waals surface area contributed by atoms with Crippen molar-refractivity contribution < 1.29 is 27.4 Å². The summed E-state index contributed by atoms with van der Waals surface area (Å²) in [7, 11) is 0.0732. The topological polar surface area (TPSA) is 96.7 Å². The van der Waals surface area contributed by atoms with Crippen molar-refractivity contribution in [3.63, 3.8) is 0 Å². The van der Waals surface area contributed by atoms with Crippen LogP contribution in [0.3, 0.4) is 0 Å². The second kappa shape index (κ2) is 8.93. The lowest BCUT2D eigenvalue weighted by molar-refractivity contribution is -0.140. The number of halogens is 1. The number of esters is 1. The molecule has 3 rings (SSSR count). The van der Waals surface area contributed by atoms with Crippen LogP contribution in [0.1, 0.15) is 18.5 Å². The largest absolute Gasteiger partial charge is 0.497 e. The van der Waals surface area contributed by atoms with Gasteiger partial charge in [-0.2, -0.15) is 0 Å². The third-order valence-electron chi connectivity index (χ3n) is 4.58. The van der Waals surface area contributed by atoms with Crippen LogP contribution in [-0.2, 0) is 26.0 Å². The second-order valence-electron chi connectivity index (χ2n) is 6.39. The summed E-state index contributed by atoms with van der Waals surface area (Å²) in [5.74, 6) is 0.190. The highest BCUT2D eigenvalue weighted by Gasteiger charge is 2.27. The Kier molecular flexibility index (Phi) is 6.52. The van der Waals surface area contributed by atoms with Crippen molar-refractivity contribution in [2.75, 3.05) is 21.3 Å². The Morgan fingerprint density at radius 2 is 1.87 bits per heavy atom. The SMILES string of the molecule is COC(=O)CCCc1cc2nc(Cl)ccc2n1S(=O)(=O)c1cc(OC)ccc1OC. The van der Waals surface area contributed by atoms with E-state index in [0.717, 1.165) is 0 Å². The van der Waals surface area contributed by atoms with Gasteiger partial charge in [0.2, 0.25) is 0 Å². The fourth-order valence-corrected chi connectivity index (χ4v) is 5.04. The summed E-state index contributed by atoms with van der Waals surface area (Å²) in [6.45, 7) is 0. The Labute approximate surface area is 179 Å². The van der Waals surface area contributed by atoms with E-state index in [9.17, 15) is 13.2 Å². The number of ether oxygens (including phenoxy) is 3. The smallest absolute Gasteiger partial charge is 0.305 e. The molecule has 3 aromatic rings. The van der Waals surface area contributed by atoms with E-state index in [1.54, 1.807) is 18.2 Å². The molecule has 1 aromatic carbocycles. The van der Waals surface area contributed by atoms with Crippen molar-refractivity contribution in [1.82, 2.24) is 8.96 Å². The van der Waals surface area contributed by atoms with Crippen LogP contribution in [0.15, 0.2) is 41.3 Å². The van der Waals surface area contributed by atoms with Gasteiger partial charge in [0, 0.05) is 18.2 Å². The minimum absolute atomic E-state index is 0.0500. The van der Waals surface area contributed by atoms with Crippen LogP contribution in [0.4, 0.5) is 0 Å².